The van der Waals surface area contributed by atoms with Crippen LogP contribution < -0.4 is 14.2 Å². The molecule has 0 spiro atoms. The van der Waals surface area contributed by atoms with Crippen molar-refractivity contribution in [2.24, 2.45) is 0 Å². The van der Waals surface area contributed by atoms with E-state index in [-0.39, 0.29) is 0 Å². The summed E-state index contributed by atoms with van der Waals surface area (Å²) in [4.78, 5) is 0. The fraction of sp³-hybridized carbons (Fsp3) is 0.304. The monoisotopic (exact) mass is 465 g/mol. The van der Waals surface area contributed by atoms with Crippen LogP contribution in [0.4, 0.5) is 0 Å². The Morgan fingerprint density at radius 3 is 2.30 bits per heavy atom. The predicted octanol–water partition coefficient (Wildman–Crippen LogP) is 4.51. The zero-order valence-electron chi connectivity index (χ0n) is 18.5. The van der Waals surface area contributed by atoms with Crippen LogP contribution in [-0.2, 0) is 5.75 Å². The van der Waals surface area contributed by atoms with E-state index in [0.717, 1.165) is 29.5 Å². The van der Waals surface area contributed by atoms with Crippen LogP contribution in [0.5, 0.6) is 17.2 Å². The molecule has 0 amide bonds. The number of ether oxygens (including phenoxy) is 3. The summed E-state index contributed by atoms with van der Waals surface area (Å²) in [5.41, 5.74) is 1.73. The van der Waals surface area contributed by atoms with Crippen molar-refractivity contribution in [2.75, 3.05) is 21.3 Å². The van der Waals surface area contributed by atoms with E-state index >= 15 is 0 Å². The first-order valence-electron chi connectivity index (χ1n) is 10.5. The number of rotatable bonds is 9. The second kappa shape index (κ2) is 9.14. The Hall–Kier alpha value is -3.53. The first-order chi connectivity index (χ1) is 16.2. The summed E-state index contributed by atoms with van der Waals surface area (Å²) in [6, 6.07) is 13.7. The van der Waals surface area contributed by atoms with Gasteiger partial charge in [0.1, 0.15) is 5.82 Å². The largest absolute Gasteiger partial charge is 0.493 e. The maximum absolute atomic E-state index is 5.92. The summed E-state index contributed by atoms with van der Waals surface area (Å²) in [6.07, 6.45) is 2.30. The fourth-order valence-electron chi connectivity index (χ4n) is 3.56. The lowest BCUT2D eigenvalue weighted by Gasteiger charge is -2.12. The number of hydrogen-bond acceptors (Lipinski definition) is 9. The lowest BCUT2D eigenvalue weighted by Crippen LogP contribution is -2.01. The Morgan fingerprint density at radius 2 is 1.67 bits per heavy atom. The number of methoxy groups -OCH3 is 3. The summed E-state index contributed by atoms with van der Waals surface area (Å²) in [7, 11) is 4.69. The number of benzene rings is 2. The zero-order chi connectivity index (χ0) is 22.8. The van der Waals surface area contributed by atoms with Crippen LogP contribution in [0.15, 0.2) is 52.0 Å². The Morgan fingerprint density at radius 1 is 0.939 bits per heavy atom. The van der Waals surface area contributed by atoms with Crippen molar-refractivity contribution in [3.05, 3.63) is 54.2 Å². The third kappa shape index (κ3) is 4.25. The maximum atomic E-state index is 5.92. The van der Waals surface area contributed by atoms with Gasteiger partial charge in [0.2, 0.25) is 17.5 Å². The minimum absolute atomic E-state index is 0.369. The van der Waals surface area contributed by atoms with E-state index in [1.165, 1.54) is 11.8 Å². The molecule has 0 radical (unpaired) electrons. The van der Waals surface area contributed by atoms with Crippen molar-refractivity contribution < 1.29 is 18.6 Å². The molecule has 1 saturated carbocycles. The van der Waals surface area contributed by atoms with Crippen molar-refractivity contribution in [1.29, 1.82) is 0 Å². The SMILES string of the molecule is COc1cc(-c2nnc(CSc3nnc(C4CC4)n3-c3ccccc3)o2)cc(OC)c1OC. The number of aromatic nitrogens is 5. The van der Waals surface area contributed by atoms with Crippen LogP contribution in [0.1, 0.15) is 30.5 Å². The number of para-hydroxylation sites is 1. The molecule has 0 bridgehead atoms. The van der Waals surface area contributed by atoms with Crippen LogP contribution in [0.3, 0.4) is 0 Å². The standard InChI is InChI=1S/C23H23N5O4S/c1-29-17-11-15(12-18(30-2)20(17)31-3)22-26-24-19(32-22)13-33-23-27-25-21(14-9-10-14)28(23)16-7-5-4-6-8-16/h4-8,11-12,14H,9-10,13H2,1-3H3. The van der Waals surface area contributed by atoms with Gasteiger partial charge in [0, 0.05) is 17.2 Å². The minimum Gasteiger partial charge on any atom is -0.493 e. The maximum Gasteiger partial charge on any atom is 0.248 e. The summed E-state index contributed by atoms with van der Waals surface area (Å²) in [6.45, 7) is 0. The minimum atomic E-state index is 0.369. The quantitative estimate of drug-likeness (QED) is 0.331. The first-order valence-corrected chi connectivity index (χ1v) is 11.5. The lowest BCUT2D eigenvalue weighted by atomic mass is 10.2. The lowest BCUT2D eigenvalue weighted by molar-refractivity contribution is 0.324. The summed E-state index contributed by atoms with van der Waals surface area (Å²) >= 11 is 1.51. The molecule has 0 aliphatic heterocycles. The number of nitrogens with zero attached hydrogens (tertiary/aromatic N) is 5. The van der Waals surface area contributed by atoms with Gasteiger partial charge >= 0.3 is 0 Å². The average Bonchev–Trinajstić information content (AvgIpc) is 3.44. The Labute approximate surface area is 195 Å². The average molecular weight is 466 g/mol. The normalized spacial score (nSPS) is 13.2. The van der Waals surface area contributed by atoms with Gasteiger partial charge in [-0.15, -0.1) is 20.4 Å². The van der Waals surface area contributed by atoms with Gasteiger partial charge < -0.3 is 18.6 Å². The molecule has 5 rings (SSSR count). The van der Waals surface area contributed by atoms with Crippen molar-refractivity contribution in [2.45, 2.75) is 29.7 Å². The third-order valence-electron chi connectivity index (χ3n) is 5.32. The van der Waals surface area contributed by atoms with Gasteiger partial charge in [-0.1, -0.05) is 30.0 Å². The Balaban J connectivity index is 1.38. The van der Waals surface area contributed by atoms with Crippen molar-refractivity contribution in [3.63, 3.8) is 0 Å². The van der Waals surface area contributed by atoms with E-state index in [1.54, 1.807) is 33.5 Å². The highest BCUT2D eigenvalue weighted by molar-refractivity contribution is 7.98. The molecule has 1 aliphatic rings. The van der Waals surface area contributed by atoms with Gasteiger partial charge in [-0.2, -0.15) is 0 Å². The fourth-order valence-corrected chi connectivity index (χ4v) is 4.36. The smallest absolute Gasteiger partial charge is 0.248 e. The molecule has 0 N–H and O–H groups in total. The van der Waals surface area contributed by atoms with Crippen LogP contribution in [-0.4, -0.2) is 46.3 Å². The zero-order valence-corrected chi connectivity index (χ0v) is 19.3. The predicted molar refractivity (Wildman–Crippen MR) is 122 cm³/mol. The van der Waals surface area contributed by atoms with Gasteiger partial charge in [0.15, 0.2) is 16.7 Å². The van der Waals surface area contributed by atoms with Gasteiger partial charge in [0.05, 0.1) is 27.1 Å². The van der Waals surface area contributed by atoms with Crippen LogP contribution in [0.2, 0.25) is 0 Å². The van der Waals surface area contributed by atoms with Gasteiger partial charge in [-0.3, -0.25) is 4.57 Å². The van der Waals surface area contributed by atoms with E-state index in [2.05, 4.69) is 37.1 Å². The van der Waals surface area contributed by atoms with Crippen LogP contribution in [0, 0.1) is 0 Å². The number of thioether (sulfide) groups is 1. The first kappa shape index (κ1) is 21.3. The topological polar surface area (TPSA) is 97.3 Å². The molecule has 9 nitrogen and oxygen atoms in total. The molecule has 2 heterocycles. The summed E-state index contributed by atoms with van der Waals surface area (Å²) in [5.74, 6) is 4.34. The molecule has 1 aliphatic carbocycles. The molecule has 0 atom stereocenters. The molecular weight excluding hydrogens is 442 g/mol. The molecule has 0 saturated heterocycles. The molecular formula is C23H23N5O4S. The van der Waals surface area contributed by atoms with Crippen molar-refractivity contribution in [1.82, 2.24) is 25.0 Å². The molecule has 10 heteroatoms. The van der Waals surface area contributed by atoms with Crippen molar-refractivity contribution >= 4 is 11.8 Å². The van der Waals surface area contributed by atoms with Gasteiger partial charge in [0.25, 0.3) is 0 Å². The highest BCUT2D eigenvalue weighted by atomic mass is 32.2. The highest BCUT2D eigenvalue weighted by Gasteiger charge is 2.31. The van der Waals surface area contributed by atoms with Crippen LogP contribution in [0.25, 0.3) is 17.1 Å². The van der Waals surface area contributed by atoms with Crippen molar-refractivity contribution in [3.8, 4) is 34.4 Å². The second-order valence-electron chi connectivity index (χ2n) is 7.49. The third-order valence-corrected chi connectivity index (χ3v) is 6.23. The summed E-state index contributed by atoms with van der Waals surface area (Å²) in [5, 5.41) is 18.1. The molecule has 4 aromatic rings. The van der Waals surface area contributed by atoms with E-state index < -0.39 is 0 Å². The molecule has 1 fully saturated rings. The van der Waals surface area contributed by atoms with Gasteiger partial charge in [-0.25, -0.2) is 0 Å². The molecule has 33 heavy (non-hydrogen) atoms. The second-order valence-corrected chi connectivity index (χ2v) is 8.43. The van der Waals surface area contributed by atoms with E-state index in [9.17, 15) is 0 Å². The molecule has 2 aromatic heterocycles. The van der Waals surface area contributed by atoms with Gasteiger partial charge in [-0.05, 0) is 37.1 Å². The molecule has 2 aromatic carbocycles. The molecule has 170 valence electrons. The van der Waals surface area contributed by atoms with E-state index in [4.69, 9.17) is 18.6 Å². The highest BCUT2D eigenvalue weighted by Crippen LogP contribution is 2.42. The van der Waals surface area contributed by atoms with E-state index in [0.29, 0.717) is 46.3 Å². The molecule has 0 unspecified atom stereocenters. The number of hydrogen-bond donors (Lipinski definition) is 0. The Bertz CT molecular complexity index is 1230. The van der Waals surface area contributed by atoms with E-state index in [1.807, 2.05) is 18.2 Å². The summed E-state index contributed by atoms with van der Waals surface area (Å²) < 4.78 is 24.3. The van der Waals surface area contributed by atoms with Crippen LogP contribution >= 0.6 is 11.8 Å². The Kier molecular flexibility index (Phi) is 5.91.